The molecule has 0 aromatic heterocycles. The summed E-state index contributed by atoms with van der Waals surface area (Å²) in [5.41, 5.74) is 2.40. The largest absolute Gasteiger partial charge is 0.485 e. The Labute approximate surface area is 112 Å². The van der Waals surface area contributed by atoms with Crippen LogP contribution in [0.4, 0.5) is 0 Å². The lowest BCUT2D eigenvalue weighted by atomic mass is 10.0. The Morgan fingerprint density at radius 3 is 2.50 bits per heavy atom. The van der Waals surface area contributed by atoms with Gasteiger partial charge in [0.2, 0.25) is 0 Å². The third kappa shape index (κ3) is 2.37. The molecule has 0 spiro atoms. The van der Waals surface area contributed by atoms with Gasteiger partial charge in [-0.05, 0) is 23.6 Å². The van der Waals surface area contributed by atoms with Crippen LogP contribution in [0.2, 0.25) is 0 Å². The SMILES string of the molecule is Cl[C@H]1Cc2ccccc2O[C@@H](c2ccccc2)C1. The van der Waals surface area contributed by atoms with Crippen LogP contribution in [0.5, 0.6) is 5.75 Å². The molecule has 92 valence electrons. The van der Waals surface area contributed by atoms with Gasteiger partial charge >= 0.3 is 0 Å². The van der Waals surface area contributed by atoms with Crippen LogP contribution in [-0.2, 0) is 6.42 Å². The van der Waals surface area contributed by atoms with Gasteiger partial charge in [0.25, 0.3) is 0 Å². The number of rotatable bonds is 1. The molecule has 0 unspecified atom stereocenters. The second-order valence-electron chi connectivity index (χ2n) is 4.66. The minimum atomic E-state index is 0.0531. The van der Waals surface area contributed by atoms with Crippen molar-refractivity contribution in [2.45, 2.75) is 24.3 Å². The third-order valence-electron chi connectivity index (χ3n) is 3.32. The molecule has 2 heteroatoms. The minimum Gasteiger partial charge on any atom is -0.485 e. The molecular weight excluding hydrogens is 244 g/mol. The van der Waals surface area contributed by atoms with E-state index >= 15 is 0 Å². The van der Waals surface area contributed by atoms with Crippen LogP contribution in [0.25, 0.3) is 0 Å². The van der Waals surface area contributed by atoms with Crippen molar-refractivity contribution in [2.24, 2.45) is 0 Å². The molecule has 0 amide bonds. The van der Waals surface area contributed by atoms with Crippen molar-refractivity contribution in [3.05, 3.63) is 65.7 Å². The van der Waals surface area contributed by atoms with Crippen LogP contribution in [0.3, 0.4) is 0 Å². The Bertz CT molecular complexity index is 524. The van der Waals surface area contributed by atoms with Crippen molar-refractivity contribution in [3.8, 4) is 5.75 Å². The lowest BCUT2D eigenvalue weighted by Crippen LogP contribution is -2.11. The average Bonchev–Trinajstić information content (AvgIpc) is 2.57. The molecule has 0 bridgehead atoms. The summed E-state index contributed by atoms with van der Waals surface area (Å²) in [5.74, 6) is 0.967. The van der Waals surface area contributed by atoms with E-state index in [0.29, 0.717) is 0 Å². The molecule has 0 radical (unpaired) electrons. The van der Waals surface area contributed by atoms with Gasteiger partial charge in [0.05, 0.1) is 0 Å². The van der Waals surface area contributed by atoms with Gasteiger partial charge in [0.15, 0.2) is 0 Å². The average molecular weight is 259 g/mol. The van der Waals surface area contributed by atoms with Crippen LogP contribution in [0, 0.1) is 0 Å². The van der Waals surface area contributed by atoms with Crippen molar-refractivity contribution in [1.82, 2.24) is 0 Å². The van der Waals surface area contributed by atoms with E-state index in [2.05, 4.69) is 18.2 Å². The van der Waals surface area contributed by atoms with Gasteiger partial charge in [0, 0.05) is 11.8 Å². The Kier molecular flexibility index (Phi) is 3.24. The third-order valence-corrected chi connectivity index (χ3v) is 3.66. The minimum absolute atomic E-state index is 0.0531. The van der Waals surface area contributed by atoms with E-state index in [1.807, 2.05) is 36.4 Å². The number of benzene rings is 2. The molecule has 2 aromatic rings. The number of halogens is 1. The lowest BCUT2D eigenvalue weighted by molar-refractivity contribution is 0.201. The molecule has 0 fully saturated rings. The number of ether oxygens (including phenoxy) is 1. The summed E-state index contributed by atoms with van der Waals surface area (Å²) in [6.45, 7) is 0. The first-order chi connectivity index (χ1) is 8.83. The van der Waals surface area contributed by atoms with E-state index in [1.54, 1.807) is 0 Å². The Hall–Kier alpha value is -1.47. The molecule has 0 aliphatic carbocycles. The van der Waals surface area contributed by atoms with Crippen molar-refractivity contribution < 1.29 is 4.74 Å². The summed E-state index contributed by atoms with van der Waals surface area (Å²) in [4.78, 5) is 0. The zero-order chi connectivity index (χ0) is 12.4. The lowest BCUT2D eigenvalue weighted by Gasteiger charge is -2.18. The highest BCUT2D eigenvalue weighted by Crippen LogP contribution is 2.35. The molecule has 3 rings (SSSR count). The number of fused-ring (bicyclic) bond motifs is 1. The van der Waals surface area contributed by atoms with Gasteiger partial charge in [-0.3, -0.25) is 0 Å². The van der Waals surface area contributed by atoms with Gasteiger partial charge < -0.3 is 4.74 Å². The topological polar surface area (TPSA) is 9.23 Å². The summed E-state index contributed by atoms with van der Waals surface area (Å²) >= 11 is 6.41. The summed E-state index contributed by atoms with van der Waals surface area (Å²) in [5, 5.41) is 0.124. The first-order valence-electron chi connectivity index (χ1n) is 6.26. The van der Waals surface area contributed by atoms with Crippen molar-refractivity contribution in [2.75, 3.05) is 0 Å². The summed E-state index contributed by atoms with van der Waals surface area (Å²) in [6, 6.07) is 18.5. The van der Waals surface area contributed by atoms with Crippen LogP contribution in [0.1, 0.15) is 23.7 Å². The Morgan fingerprint density at radius 2 is 1.67 bits per heavy atom. The van der Waals surface area contributed by atoms with Gasteiger partial charge in [-0.2, -0.15) is 0 Å². The second-order valence-corrected chi connectivity index (χ2v) is 5.28. The smallest absolute Gasteiger partial charge is 0.125 e. The second kappa shape index (κ2) is 5.03. The zero-order valence-electron chi connectivity index (χ0n) is 10.1. The fraction of sp³-hybridized carbons (Fsp3) is 0.250. The van der Waals surface area contributed by atoms with E-state index < -0.39 is 0 Å². The van der Waals surface area contributed by atoms with Crippen LogP contribution < -0.4 is 4.74 Å². The van der Waals surface area contributed by atoms with E-state index in [-0.39, 0.29) is 11.5 Å². The van der Waals surface area contributed by atoms with Crippen LogP contribution >= 0.6 is 11.6 Å². The highest BCUT2D eigenvalue weighted by atomic mass is 35.5. The Morgan fingerprint density at radius 1 is 0.944 bits per heavy atom. The van der Waals surface area contributed by atoms with Crippen LogP contribution in [-0.4, -0.2) is 5.38 Å². The molecular formula is C16H15ClO. The number of hydrogen-bond acceptors (Lipinski definition) is 1. The summed E-state index contributed by atoms with van der Waals surface area (Å²) in [7, 11) is 0. The maximum atomic E-state index is 6.41. The highest BCUT2D eigenvalue weighted by molar-refractivity contribution is 6.20. The van der Waals surface area contributed by atoms with Gasteiger partial charge in [-0.15, -0.1) is 11.6 Å². The quantitative estimate of drug-likeness (QED) is 0.691. The van der Waals surface area contributed by atoms with Crippen LogP contribution in [0.15, 0.2) is 54.6 Å². The van der Waals surface area contributed by atoms with E-state index in [1.165, 1.54) is 11.1 Å². The maximum Gasteiger partial charge on any atom is 0.125 e. The predicted molar refractivity (Wildman–Crippen MR) is 74.2 cm³/mol. The van der Waals surface area contributed by atoms with Gasteiger partial charge in [-0.25, -0.2) is 0 Å². The molecule has 1 nitrogen and oxygen atoms in total. The first kappa shape index (κ1) is 11.6. The molecule has 18 heavy (non-hydrogen) atoms. The van der Waals surface area contributed by atoms with Crippen molar-refractivity contribution in [3.63, 3.8) is 0 Å². The molecule has 0 N–H and O–H groups in total. The fourth-order valence-electron chi connectivity index (χ4n) is 2.41. The molecule has 1 aliphatic rings. The predicted octanol–water partition coefficient (Wildman–Crippen LogP) is 4.36. The number of hydrogen-bond donors (Lipinski definition) is 0. The van der Waals surface area contributed by atoms with E-state index in [0.717, 1.165) is 18.6 Å². The number of para-hydroxylation sites is 1. The molecule has 1 heterocycles. The van der Waals surface area contributed by atoms with E-state index in [4.69, 9.17) is 16.3 Å². The van der Waals surface area contributed by atoms with Crippen molar-refractivity contribution in [1.29, 1.82) is 0 Å². The van der Waals surface area contributed by atoms with Gasteiger partial charge in [-0.1, -0.05) is 48.5 Å². The Balaban J connectivity index is 1.95. The van der Waals surface area contributed by atoms with E-state index in [9.17, 15) is 0 Å². The number of alkyl halides is 1. The molecule has 0 saturated heterocycles. The normalized spacial score (nSPS) is 22.7. The summed E-state index contributed by atoms with van der Waals surface area (Å²) < 4.78 is 6.13. The maximum absolute atomic E-state index is 6.41. The monoisotopic (exact) mass is 258 g/mol. The molecule has 2 aromatic carbocycles. The molecule has 1 aliphatic heterocycles. The standard InChI is InChI=1S/C16H15ClO/c17-14-10-13-8-4-5-9-15(13)18-16(11-14)12-6-2-1-3-7-12/h1-9,14,16H,10-11H2/t14-,16+/m0/s1. The van der Waals surface area contributed by atoms with Gasteiger partial charge in [0.1, 0.15) is 11.9 Å². The van der Waals surface area contributed by atoms with Crippen molar-refractivity contribution >= 4 is 11.6 Å². The highest BCUT2D eigenvalue weighted by Gasteiger charge is 2.24. The summed E-state index contributed by atoms with van der Waals surface area (Å²) in [6.07, 6.45) is 1.78. The molecule has 2 atom stereocenters. The zero-order valence-corrected chi connectivity index (χ0v) is 10.8. The fourth-order valence-corrected chi connectivity index (χ4v) is 2.74. The first-order valence-corrected chi connectivity index (χ1v) is 6.70. The molecule has 0 saturated carbocycles.